The fourth-order valence-electron chi connectivity index (χ4n) is 0.986. The first-order chi connectivity index (χ1) is 4.79. The van der Waals surface area contributed by atoms with E-state index in [2.05, 4.69) is 12.1 Å². The van der Waals surface area contributed by atoms with Crippen LogP contribution in [-0.4, -0.2) is 17.0 Å². The van der Waals surface area contributed by atoms with Gasteiger partial charge in [-0.05, 0) is 18.9 Å². The van der Waals surface area contributed by atoms with E-state index in [0.29, 0.717) is 0 Å². The molecular weight excluding hydrogens is 154 g/mol. The average molecular weight is 171 g/mol. The molecule has 12 heavy (non-hydrogen) atoms. The molecule has 0 heterocycles. The number of benzene rings is 1. The van der Waals surface area contributed by atoms with Crippen LogP contribution in [0.25, 0.3) is 0 Å². The maximum absolute atomic E-state index is 5.62. The lowest BCUT2D eigenvalue weighted by Gasteiger charge is -2.02. The second-order valence-corrected chi connectivity index (χ2v) is 2.67. The van der Waals surface area contributed by atoms with Gasteiger partial charge in [-0.15, -0.1) is 0 Å². The molecule has 0 aliphatic rings. The Morgan fingerprint density at radius 3 is 2.08 bits per heavy atom. The predicted octanol–water partition coefficient (Wildman–Crippen LogP) is -0.0731. The third-order valence-electron chi connectivity index (χ3n) is 1.40. The normalized spacial score (nSPS) is 10.8. The molecule has 0 fully saturated rings. The van der Waals surface area contributed by atoms with Crippen molar-refractivity contribution < 1.29 is 11.0 Å². The van der Waals surface area contributed by atoms with Gasteiger partial charge in [-0.3, -0.25) is 0 Å². The molecule has 1 aromatic rings. The molecule has 0 aliphatic carbocycles. The van der Waals surface area contributed by atoms with Crippen LogP contribution in [0.3, 0.4) is 0 Å². The fourth-order valence-corrected chi connectivity index (χ4v) is 0.986. The minimum atomic E-state index is 0. The van der Waals surface area contributed by atoms with Gasteiger partial charge in [0.2, 0.25) is 0 Å². The molecule has 6 N–H and O–H groups in total. The average Bonchev–Trinajstić information content (AvgIpc) is 1.88. The molecule has 0 saturated heterocycles. The third kappa shape index (κ3) is 4.85. The molecule has 1 rings (SSSR count). The van der Waals surface area contributed by atoms with Crippen LogP contribution in [-0.2, 0) is 6.42 Å². The van der Waals surface area contributed by atoms with E-state index in [4.69, 9.17) is 5.73 Å². The maximum atomic E-state index is 5.62. The lowest BCUT2D eigenvalue weighted by atomic mass is 10.1. The van der Waals surface area contributed by atoms with Crippen LogP contribution in [0.15, 0.2) is 30.3 Å². The highest BCUT2D eigenvalue weighted by Crippen LogP contribution is 2.00. The van der Waals surface area contributed by atoms with Crippen LogP contribution in [0.5, 0.6) is 0 Å². The summed E-state index contributed by atoms with van der Waals surface area (Å²) in [6, 6.07) is 10.6. The monoisotopic (exact) mass is 171 g/mol. The number of nitrogens with two attached hydrogens (primary N) is 1. The predicted molar refractivity (Wildman–Crippen MR) is 51.0 cm³/mol. The molecule has 70 valence electrons. The minimum Gasteiger partial charge on any atom is -0.412 e. The van der Waals surface area contributed by atoms with Crippen molar-refractivity contribution >= 4 is 0 Å². The third-order valence-corrected chi connectivity index (χ3v) is 1.40. The van der Waals surface area contributed by atoms with Crippen molar-refractivity contribution in [1.82, 2.24) is 0 Å². The second kappa shape index (κ2) is 6.79. The topological polar surface area (TPSA) is 89.0 Å². The highest BCUT2D eigenvalue weighted by Gasteiger charge is 1.94. The Morgan fingerprint density at radius 2 is 1.67 bits per heavy atom. The molecule has 0 radical (unpaired) electrons. The highest BCUT2D eigenvalue weighted by atomic mass is 16.0. The Hall–Kier alpha value is -0.900. The van der Waals surface area contributed by atoms with Crippen molar-refractivity contribution in [3.63, 3.8) is 0 Å². The van der Waals surface area contributed by atoms with E-state index in [1.54, 1.807) is 0 Å². The van der Waals surface area contributed by atoms with Crippen LogP contribution in [0, 0.1) is 0 Å². The molecule has 3 heteroatoms. The summed E-state index contributed by atoms with van der Waals surface area (Å²) in [4.78, 5) is 0. The summed E-state index contributed by atoms with van der Waals surface area (Å²) in [5.74, 6) is 0. The van der Waals surface area contributed by atoms with Crippen molar-refractivity contribution in [2.45, 2.75) is 19.4 Å². The van der Waals surface area contributed by atoms with E-state index in [-0.39, 0.29) is 17.0 Å². The van der Waals surface area contributed by atoms with Gasteiger partial charge in [-0.25, -0.2) is 0 Å². The Kier molecular flexibility index (Phi) is 7.73. The summed E-state index contributed by atoms with van der Waals surface area (Å²) < 4.78 is 0. The van der Waals surface area contributed by atoms with Crippen molar-refractivity contribution in [3.05, 3.63) is 35.9 Å². The molecule has 0 aromatic heterocycles. The first-order valence-electron chi connectivity index (χ1n) is 3.58. The zero-order valence-electron chi connectivity index (χ0n) is 7.25. The van der Waals surface area contributed by atoms with Crippen LogP contribution in [0.2, 0.25) is 0 Å². The largest absolute Gasteiger partial charge is 0.412 e. The molecule has 1 atom stereocenters. The van der Waals surface area contributed by atoms with Crippen LogP contribution in [0.1, 0.15) is 12.5 Å². The molecule has 1 unspecified atom stereocenters. The van der Waals surface area contributed by atoms with Crippen LogP contribution < -0.4 is 5.73 Å². The zero-order valence-corrected chi connectivity index (χ0v) is 7.25. The van der Waals surface area contributed by atoms with Crippen LogP contribution in [0.4, 0.5) is 0 Å². The van der Waals surface area contributed by atoms with Crippen molar-refractivity contribution in [2.75, 3.05) is 0 Å². The first kappa shape index (κ1) is 13.7. The molecule has 0 spiro atoms. The number of hydrogen-bond acceptors (Lipinski definition) is 1. The molecule has 3 nitrogen and oxygen atoms in total. The second-order valence-electron chi connectivity index (χ2n) is 2.67. The summed E-state index contributed by atoms with van der Waals surface area (Å²) in [5, 5.41) is 0. The Labute approximate surface area is 72.8 Å². The van der Waals surface area contributed by atoms with Gasteiger partial charge in [0.25, 0.3) is 0 Å². The van der Waals surface area contributed by atoms with E-state index >= 15 is 0 Å². The number of rotatable bonds is 2. The minimum absolute atomic E-state index is 0. The van der Waals surface area contributed by atoms with E-state index in [9.17, 15) is 0 Å². The summed E-state index contributed by atoms with van der Waals surface area (Å²) in [7, 11) is 0. The zero-order chi connectivity index (χ0) is 7.40. The molecule has 1 aromatic carbocycles. The van der Waals surface area contributed by atoms with Gasteiger partial charge in [-0.2, -0.15) is 0 Å². The Bertz CT molecular complexity index is 187. The van der Waals surface area contributed by atoms with Gasteiger partial charge in [0.15, 0.2) is 0 Å². The highest BCUT2D eigenvalue weighted by molar-refractivity contribution is 5.15. The lowest BCUT2D eigenvalue weighted by molar-refractivity contribution is 0.738. The van der Waals surface area contributed by atoms with Crippen molar-refractivity contribution in [3.8, 4) is 0 Å². The summed E-state index contributed by atoms with van der Waals surface area (Å²) in [5.41, 5.74) is 6.94. The molecule has 0 aliphatic heterocycles. The van der Waals surface area contributed by atoms with E-state index in [1.165, 1.54) is 5.56 Å². The smallest absolute Gasteiger partial charge is 0.00509 e. The quantitative estimate of drug-likeness (QED) is 0.663. The number of hydrogen-bond donors (Lipinski definition) is 1. The van der Waals surface area contributed by atoms with Crippen molar-refractivity contribution in [1.29, 1.82) is 0 Å². The van der Waals surface area contributed by atoms with Gasteiger partial charge in [0.1, 0.15) is 0 Å². The summed E-state index contributed by atoms with van der Waals surface area (Å²) >= 11 is 0. The van der Waals surface area contributed by atoms with E-state index in [0.717, 1.165) is 6.42 Å². The van der Waals surface area contributed by atoms with Gasteiger partial charge in [0.05, 0.1) is 0 Å². The van der Waals surface area contributed by atoms with Gasteiger partial charge in [0, 0.05) is 6.04 Å². The SMILES string of the molecule is CC(N)Cc1ccccc1.O.O. The van der Waals surface area contributed by atoms with Gasteiger partial charge >= 0.3 is 0 Å². The molecule has 0 amide bonds. The first-order valence-corrected chi connectivity index (χ1v) is 3.58. The van der Waals surface area contributed by atoms with Crippen LogP contribution >= 0.6 is 0 Å². The Morgan fingerprint density at radius 1 is 1.17 bits per heavy atom. The molecule has 0 saturated carbocycles. The fraction of sp³-hybridized carbons (Fsp3) is 0.333. The van der Waals surface area contributed by atoms with Crippen molar-refractivity contribution in [2.24, 2.45) is 5.73 Å². The molecular formula is C9H17NO2. The Balaban J connectivity index is 0. The van der Waals surface area contributed by atoms with Gasteiger partial charge in [-0.1, -0.05) is 30.3 Å². The summed E-state index contributed by atoms with van der Waals surface area (Å²) in [6.45, 7) is 2.02. The molecule has 0 bridgehead atoms. The standard InChI is InChI=1S/C9H13N.2H2O/c1-8(10)7-9-5-3-2-4-6-9;;/h2-6,8H,7,10H2,1H3;2*1H2. The van der Waals surface area contributed by atoms with E-state index < -0.39 is 0 Å². The van der Waals surface area contributed by atoms with E-state index in [1.807, 2.05) is 25.1 Å². The van der Waals surface area contributed by atoms with Gasteiger partial charge < -0.3 is 16.7 Å². The maximum Gasteiger partial charge on any atom is 0.00509 e. The lowest BCUT2D eigenvalue weighted by Crippen LogP contribution is -2.17. The summed E-state index contributed by atoms with van der Waals surface area (Å²) in [6.07, 6.45) is 0.973.